The summed E-state index contributed by atoms with van der Waals surface area (Å²) in [6, 6.07) is 31.2. The van der Waals surface area contributed by atoms with Crippen molar-refractivity contribution in [1.29, 1.82) is 0 Å². The molecular formula is C42H39F3N2O7S2. The average molecular weight is 805 g/mol. The smallest absolute Gasteiger partial charge is 0.416 e. The maximum atomic E-state index is 14.6. The Morgan fingerprint density at radius 2 is 1.27 bits per heavy atom. The molecule has 14 heteroatoms. The second-order valence-electron chi connectivity index (χ2n) is 13.5. The Labute approximate surface area is 324 Å². The lowest BCUT2D eigenvalue weighted by Gasteiger charge is -2.35. The second kappa shape index (κ2) is 16.4. The zero-order valence-corrected chi connectivity index (χ0v) is 32.2. The molecule has 56 heavy (non-hydrogen) atoms. The monoisotopic (exact) mass is 804 g/mol. The quantitative estimate of drug-likeness (QED) is 0.120. The minimum atomic E-state index is -4.50. The Morgan fingerprint density at radius 3 is 1.82 bits per heavy atom. The number of ether oxygens (including phenoxy) is 1. The van der Waals surface area contributed by atoms with E-state index >= 15 is 0 Å². The first kappa shape index (κ1) is 40.4. The number of carbonyl (C=O) groups excluding carboxylic acids is 2. The molecule has 1 aliphatic heterocycles. The van der Waals surface area contributed by atoms with Crippen LogP contribution in [0.2, 0.25) is 0 Å². The summed E-state index contributed by atoms with van der Waals surface area (Å²) < 4.78 is 99.5. The molecule has 292 valence electrons. The van der Waals surface area contributed by atoms with Crippen LogP contribution in [0.25, 0.3) is 22.3 Å². The first-order valence-electron chi connectivity index (χ1n) is 17.7. The van der Waals surface area contributed by atoms with Crippen molar-refractivity contribution in [3.8, 4) is 22.3 Å². The van der Waals surface area contributed by atoms with Crippen molar-refractivity contribution in [2.75, 3.05) is 26.5 Å². The van der Waals surface area contributed by atoms with E-state index in [2.05, 4.69) is 0 Å². The van der Waals surface area contributed by atoms with E-state index in [1.165, 1.54) is 64.8 Å². The second-order valence-corrected chi connectivity index (χ2v) is 17.4. The molecule has 6 rings (SSSR count). The number of sulfonamides is 1. The number of nitrogens with zero attached hydrogens (tertiary/aromatic N) is 2. The number of rotatable bonds is 12. The lowest BCUT2D eigenvalue weighted by molar-refractivity contribution is -0.146. The maximum Gasteiger partial charge on any atom is 0.416 e. The van der Waals surface area contributed by atoms with Gasteiger partial charge in [-0.1, -0.05) is 91.0 Å². The number of hydrogen-bond acceptors (Lipinski definition) is 7. The molecule has 0 aromatic heterocycles. The van der Waals surface area contributed by atoms with Crippen LogP contribution in [0.5, 0.6) is 0 Å². The Morgan fingerprint density at radius 1 is 0.750 bits per heavy atom. The Bertz CT molecular complexity index is 2410. The molecule has 5 aromatic rings. The predicted molar refractivity (Wildman–Crippen MR) is 206 cm³/mol. The van der Waals surface area contributed by atoms with Gasteiger partial charge < -0.3 is 9.64 Å². The molecule has 1 amide bonds. The van der Waals surface area contributed by atoms with Gasteiger partial charge >= 0.3 is 12.1 Å². The summed E-state index contributed by atoms with van der Waals surface area (Å²) in [6.07, 6.45) is -2.81. The van der Waals surface area contributed by atoms with Crippen LogP contribution < -0.4 is 0 Å². The normalized spacial score (nSPS) is 15.6. The molecule has 0 aliphatic carbocycles. The van der Waals surface area contributed by atoms with Gasteiger partial charge in [0.2, 0.25) is 10.0 Å². The topological polar surface area (TPSA) is 118 Å². The lowest BCUT2D eigenvalue weighted by Crippen LogP contribution is -2.52. The molecule has 0 spiro atoms. The zero-order valence-electron chi connectivity index (χ0n) is 30.5. The lowest BCUT2D eigenvalue weighted by atomic mass is 9.98. The summed E-state index contributed by atoms with van der Waals surface area (Å²) in [5, 5.41) is 0. The van der Waals surface area contributed by atoms with Crippen molar-refractivity contribution in [1.82, 2.24) is 9.21 Å². The third kappa shape index (κ3) is 8.88. The van der Waals surface area contributed by atoms with Crippen molar-refractivity contribution in [3.63, 3.8) is 0 Å². The van der Waals surface area contributed by atoms with Crippen LogP contribution in [0.15, 0.2) is 137 Å². The summed E-state index contributed by atoms with van der Waals surface area (Å²) >= 11 is 0. The highest BCUT2D eigenvalue weighted by Crippen LogP contribution is 2.33. The molecule has 1 aliphatic rings. The molecule has 0 radical (unpaired) electrons. The number of carbonyl (C=O) groups is 2. The van der Waals surface area contributed by atoms with E-state index in [9.17, 15) is 39.6 Å². The molecule has 1 heterocycles. The number of hydrogen-bond donors (Lipinski definition) is 0. The summed E-state index contributed by atoms with van der Waals surface area (Å²) in [4.78, 5) is 28.8. The molecule has 0 unspecified atom stereocenters. The van der Waals surface area contributed by atoms with Gasteiger partial charge in [-0.15, -0.1) is 0 Å². The Balaban J connectivity index is 1.36. The Hall–Kier alpha value is -5.31. The van der Waals surface area contributed by atoms with Crippen molar-refractivity contribution >= 4 is 31.7 Å². The predicted octanol–water partition coefficient (Wildman–Crippen LogP) is 7.52. The molecule has 0 bridgehead atoms. The van der Waals surface area contributed by atoms with Gasteiger partial charge in [0.25, 0.3) is 5.91 Å². The molecule has 5 aromatic carbocycles. The van der Waals surface area contributed by atoms with Gasteiger partial charge in [0, 0.05) is 37.4 Å². The highest BCUT2D eigenvalue weighted by molar-refractivity contribution is 7.93. The average Bonchev–Trinajstić information content (AvgIpc) is 3.68. The molecule has 0 N–H and O–H groups in total. The van der Waals surface area contributed by atoms with E-state index in [1.54, 1.807) is 12.1 Å². The number of halogens is 3. The summed E-state index contributed by atoms with van der Waals surface area (Å²) in [5.41, 5.74) is 3.00. The van der Waals surface area contributed by atoms with Crippen LogP contribution in [0, 0.1) is 0 Å². The summed E-state index contributed by atoms with van der Waals surface area (Å²) in [7, 11) is -7.13. The minimum absolute atomic E-state index is 0.0213. The van der Waals surface area contributed by atoms with Gasteiger partial charge in [0.15, 0.2) is 9.84 Å². The SMILES string of the molecule is COC(=O)[C@H](Cc1ccc(-c2ccccc2)cc1)N(C[C@@H]1CCCN1S(=O)(=O)c1ccccc1S(C)(=O)=O)C(=O)c1ccc(-c2ccc(C(F)(F)F)cc2)cc1. The number of methoxy groups -OCH3 is 1. The number of esters is 1. The fourth-order valence-electron chi connectivity index (χ4n) is 6.95. The highest BCUT2D eigenvalue weighted by atomic mass is 32.2. The van der Waals surface area contributed by atoms with E-state index in [0.29, 0.717) is 29.5 Å². The van der Waals surface area contributed by atoms with Crippen molar-refractivity contribution in [2.45, 2.75) is 47.3 Å². The number of alkyl halides is 3. The van der Waals surface area contributed by atoms with Gasteiger partial charge in [-0.3, -0.25) is 4.79 Å². The molecular weight excluding hydrogens is 766 g/mol. The molecule has 9 nitrogen and oxygen atoms in total. The van der Waals surface area contributed by atoms with Crippen LogP contribution in [-0.4, -0.2) is 76.5 Å². The minimum Gasteiger partial charge on any atom is -0.467 e. The van der Waals surface area contributed by atoms with Gasteiger partial charge in [-0.2, -0.15) is 17.5 Å². The standard InChI is InChI=1S/C42H39F3N2O7S2/c1-54-41(49)37(27-29-14-16-31(17-15-29)30-9-4-3-5-10-30)46(40(48)34-20-18-32(19-21-34)33-22-24-35(25-23-33)42(43,44)45)28-36-11-8-26-47(36)56(52,53)39-13-7-6-12-38(39)55(2,50)51/h3-7,9-10,12-25,36-37H,8,11,26-28H2,1-2H3/t36-,37-/m0/s1. The van der Waals surface area contributed by atoms with Crippen molar-refractivity contribution in [2.24, 2.45) is 0 Å². The fourth-order valence-corrected chi connectivity index (χ4v) is 10.2. The van der Waals surface area contributed by atoms with Crippen LogP contribution in [0.1, 0.15) is 34.3 Å². The molecule has 2 atom stereocenters. The molecule has 0 saturated carbocycles. The van der Waals surface area contributed by atoms with Crippen molar-refractivity contribution < 1.29 is 44.3 Å². The summed E-state index contributed by atoms with van der Waals surface area (Å²) in [5.74, 6) is -1.34. The molecule has 1 fully saturated rings. The number of sulfone groups is 1. The van der Waals surface area contributed by atoms with E-state index in [4.69, 9.17) is 4.74 Å². The zero-order chi connectivity index (χ0) is 40.3. The molecule has 1 saturated heterocycles. The van der Waals surface area contributed by atoms with Gasteiger partial charge in [-0.25, -0.2) is 21.6 Å². The van der Waals surface area contributed by atoms with E-state index in [0.717, 1.165) is 29.5 Å². The number of amides is 1. The maximum absolute atomic E-state index is 14.6. The fraction of sp³-hybridized carbons (Fsp3) is 0.238. The van der Waals surface area contributed by atoms with Crippen LogP contribution >= 0.6 is 0 Å². The Kier molecular flexibility index (Phi) is 11.8. The van der Waals surface area contributed by atoms with E-state index in [-0.39, 0.29) is 34.9 Å². The van der Waals surface area contributed by atoms with Gasteiger partial charge in [0.05, 0.1) is 17.6 Å². The third-order valence-corrected chi connectivity index (χ3v) is 13.1. The first-order valence-corrected chi connectivity index (χ1v) is 21.0. The largest absolute Gasteiger partial charge is 0.467 e. The first-order chi connectivity index (χ1) is 26.6. The van der Waals surface area contributed by atoms with E-state index < -0.39 is 55.6 Å². The van der Waals surface area contributed by atoms with Gasteiger partial charge in [-0.05, 0) is 77.1 Å². The highest BCUT2D eigenvalue weighted by Gasteiger charge is 2.41. The summed E-state index contributed by atoms with van der Waals surface area (Å²) in [6.45, 7) is -0.180. The van der Waals surface area contributed by atoms with Crippen LogP contribution in [-0.2, 0) is 42.0 Å². The number of benzene rings is 5. The third-order valence-electron chi connectivity index (χ3n) is 9.84. The van der Waals surface area contributed by atoms with E-state index in [1.807, 2.05) is 54.6 Å². The van der Waals surface area contributed by atoms with Crippen molar-refractivity contribution in [3.05, 3.63) is 144 Å². The van der Waals surface area contributed by atoms with Crippen LogP contribution in [0.4, 0.5) is 13.2 Å². The van der Waals surface area contributed by atoms with Crippen LogP contribution in [0.3, 0.4) is 0 Å². The van der Waals surface area contributed by atoms with Gasteiger partial charge in [0.1, 0.15) is 10.9 Å².